The summed E-state index contributed by atoms with van der Waals surface area (Å²) >= 11 is 0. The Bertz CT molecular complexity index is 1770. The zero-order valence-electron chi connectivity index (χ0n) is 55.2. The van der Waals surface area contributed by atoms with Gasteiger partial charge >= 0.3 is 5.97 Å². The van der Waals surface area contributed by atoms with Gasteiger partial charge in [0.25, 0.3) is 0 Å². The van der Waals surface area contributed by atoms with Crippen LogP contribution < -0.4 is 5.32 Å². The van der Waals surface area contributed by atoms with Crippen LogP contribution in [-0.4, -0.2) is 99.6 Å². The summed E-state index contributed by atoms with van der Waals surface area (Å²) in [5.74, 6) is -1.21. The number of unbranched alkanes of at least 4 members (excludes halogenated alkanes) is 32. The standard InChI is InChI=1S/C75H131NO10/c1-4-7-10-13-16-19-22-25-27-29-31-33-35-37-39-41-43-45-48-51-54-57-60-63-70(80)86-73-72(82)71(81)69(64-77)85-75(73)84-65-66(67(78)61-58-55-52-49-46-24-21-18-15-12-9-6-3)76-74(83)68(79)62-59-56-53-50-47-44-42-40-38-36-34-32-30-28-26-23-20-17-14-11-8-5-2/h16-17,19-20,25-28,31-34,38,40,58,61,66-69,71-73,75,77-79,81-82H,4-15,18,21-24,29-30,35-37,39,41-57,59-60,62-65H2,1-3H3,(H,76,83)/b19-16-,20-17-,27-25-,28-26-,33-31-,34-32-,40-38-,61-58+. The van der Waals surface area contributed by atoms with Crippen molar-refractivity contribution in [1.82, 2.24) is 5.32 Å². The van der Waals surface area contributed by atoms with Gasteiger partial charge in [-0.2, -0.15) is 0 Å². The van der Waals surface area contributed by atoms with Crippen LogP contribution in [0.15, 0.2) is 97.2 Å². The third-order valence-electron chi connectivity index (χ3n) is 16.2. The average Bonchev–Trinajstić information content (AvgIpc) is 3.59. The topological polar surface area (TPSA) is 175 Å². The molecule has 0 aromatic heterocycles. The number of hydrogen-bond donors (Lipinski definition) is 6. The molecule has 1 aliphatic heterocycles. The molecule has 1 aliphatic rings. The molecule has 0 spiro atoms. The van der Waals surface area contributed by atoms with Crippen LogP contribution in [0.5, 0.6) is 0 Å². The van der Waals surface area contributed by atoms with Crippen LogP contribution in [0.3, 0.4) is 0 Å². The maximum Gasteiger partial charge on any atom is 0.306 e. The zero-order valence-corrected chi connectivity index (χ0v) is 55.2. The first-order valence-corrected chi connectivity index (χ1v) is 35.5. The lowest BCUT2D eigenvalue weighted by Crippen LogP contribution is -2.61. The molecule has 8 atom stereocenters. The number of aliphatic hydroxyl groups is 5. The largest absolute Gasteiger partial charge is 0.454 e. The summed E-state index contributed by atoms with van der Waals surface area (Å²) in [6.07, 6.45) is 72.9. The van der Waals surface area contributed by atoms with E-state index in [4.69, 9.17) is 14.2 Å². The Balaban J connectivity index is 2.60. The van der Waals surface area contributed by atoms with Gasteiger partial charge in [-0.25, -0.2) is 0 Å². The van der Waals surface area contributed by atoms with Crippen LogP contribution in [0.25, 0.3) is 0 Å². The van der Waals surface area contributed by atoms with Crippen LogP contribution in [-0.2, 0) is 23.8 Å². The Morgan fingerprint density at radius 2 is 0.802 bits per heavy atom. The van der Waals surface area contributed by atoms with Gasteiger partial charge in [-0.3, -0.25) is 9.59 Å². The number of hydrogen-bond acceptors (Lipinski definition) is 10. The van der Waals surface area contributed by atoms with Crippen molar-refractivity contribution in [2.45, 2.75) is 352 Å². The molecule has 0 aromatic rings. The van der Waals surface area contributed by atoms with Crippen molar-refractivity contribution in [3.05, 3.63) is 97.2 Å². The summed E-state index contributed by atoms with van der Waals surface area (Å²) in [6, 6.07) is -1.04. The molecule has 8 unspecified atom stereocenters. The molecule has 1 saturated heterocycles. The molecule has 1 rings (SSSR count). The molecule has 86 heavy (non-hydrogen) atoms. The molecule has 1 amide bonds. The van der Waals surface area contributed by atoms with Gasteiger partial charge in [0.05, 0.1) is 25.4 Å². The fraction of sp³-hybridized carbons (Fsp3) is 0.760. The number of aliphatic hydroxyl groups excluding tert-OH is 5. The first-order valence-electron chi connectivity index (χ1n) is 35.5. The van der Waals surface area contributed by atoms with Crippen molar-refractivity contribution >= 4 is 11.9 Å². The number of rotatable bonds is 60. The summed E-state index contributed by atoms with van der Waals surface area (Å²) < 4.78 is 17.7. The van der Waals surface area contributed by atoms with E-state index in [1.54, 1.807) is 6.08 Å². The molecular weight excluding hydrogens is 1070 g/mol. The second-order valence-electron chi connectivity index (χ2n) is 24.3. The lowest BCUT2D eigenvalue weighted by molar-refractivity contribution is -0.305. The Kier molecular flexibility index (Phi) is 57.9. The van der Waals surface area contributed by atoms with E-state index < -0.39 is 67.4 Å². The highest BCUT2D eigenvalue weighted by molar-refractivity contribution is 5.80. The van der Waals surface area contributed by atoms with E-state index in [0.717, 1.165) is 116 Å². The highest BCUT2D eigenvalue weighted by Gasteiger charge is 2.47. The molecule has 0 radical (unpaired) electrons. The van der Waals surface area contributed by atoms with Crippen LogP contribution in [0, 0.1) is 0 Å². The van der Waals surface area contributed by atoms with Crippen molar-refractivity contribution in [2.24, 2.45) is 0 Å². The second kappa shape index (κ2) is 61.8. The summed E-state index contributed by atoms with van der Waals surface area (Å²) in [4.78, 5) is 26.7. The first-order chi connectivity index (χ1) is 42.2. The smallest absolute Gasteiger partial charge is 0.306 e. The summed E-state index contributed by atoms with van der Waals surface area (Å²) in [7, 11) is 0. The van der Waals surface area contributed by atoms with Crippen LogP contribution in [0.1, 0.15) is 303 Å². The lowest BCUT2D eigenvalue weighted by Gasteiger charge is -2.41. The van der Waals surface area contributed by atoms with Gasteiger partial charge in [0.2, 0.25) is 5.91 Å². The minimum absolute atomic E-state index is 0.114. The minimum Gasteiger partial charge on any atom is -0.454 e. The van der Waals surface area contributed by atoms with Crippen molar-refractivity contribution in [3.8, 4) is 0 Å². The molecule has 11 nitrogen and oxygen atoms in total. The first kappa shape index (κ1) is 80.6. The number of ether oxygens (including phenoxy) is 3. The van der Waals surface area contributed by atoms with Crippen LogP contribution in [0.2, 0.25) is 0 Å². The van der Waals surface area contributed by atoms with E-state index >= 15 is 0 Å². The fourth-order valence-corrected chi connectivity index (χ4v) is 10.6. The van der Waals surface area contributed by atoms with Crippen molar-refractivity contribution in [3.63, 3.8) is 0 Å². The predicted octanol–water partition coefficient (Wildman–Crippen LogP) is 18.2. The monoisotopic (exact) mass is 1210 g/mol. The van der Waals surface area contributed by atoms with E-state index in [1.165, 1.54) is 141 Å². The second-order valence-corrected chi connectivity index (χ2v) is 24.3. The highest BCUT2D eigenvalue weighted by atomic mass is 16.7. The summed E-state index contributed by atoms with van der Waals surface area (Å²) in [6.45, 7) is 5.75. The molecular formula is C75H131NO10. The number of allylic oxidation sites excluding steroid dienone is 15. The number of esters is 1. The lowest BCUT2D eigenvalue weighted by atomic mass is 9.99. The number of amides is 1. The van der Waals surface area contributed by atoms with E-state index in [9.17, 15) is 35.1 Å². The van der Waals surface area contributed by atoms with Crippen molar-refractivity contribution in [2.75, 3.05) is 13.2 Å². The Morgan fingerprint density at radius 3 is 1.22 bits per heavy atom. The molecule has 11 heteroatoms. The van der Waals surface area contributed by atoms with E-state index in [1.807, 2.05) is 6.08 Å². The minimum atomic E-state index is -1.62. The quantitative estimate of drug-likeness (QED) is 0.0195. The molecule has 0 saturated carbocycles. The fourth-order valence-electron chi connectivity index (χ4n) is 10.6. The van der Waals surface area contributed by atoms with E-state index in [0.29, 0.717) is 12.8 Å². The summed E-state index contributed by atoms with van der Waals surface area (Å²) in [5, 5.41) is 57.2. The van der Waals surface area contributed by atoms with Crippen LogP contribution in [0.4, 0.5) is 0 Å². The Hall–Kier alpha value is -3.42. The SMILES string of the molecule is CCCCC/C=C\C/C=C\C/C=C\C/C=C\CCCCCCCCC(O)C(=O)NC(COC1OC(CO)C(O)C(O)C1OC(=O)CCCCCCCCCCCC/C=C\C/C=C\C/C=C\CCCCC)C(O)/C=C/CCCCCCCCCCCC. The van der Waals surface area contributed by atoms with Crippen molar-refractivity contribution < 1.29 is 49.3 Å². The van der Waals surface area contributed by atoms with E-state index in [2.05, 4.69) is 111 Å². The van der Waals surface area contributed by atoms with Gasteiger partial charge in [0, 0.05) is 6.42 Å². The number of carbonyl (C=O) groups excluding carboxylic acids is 2. The highest BCUT2D eigenvalue weighted by Crippen LogP contribution is 2.26. The molecule has 1 fully saturated rings. The molecule has 0 bridgehead atoms. The van der Waals surface area contributed by atoms with Gasteiger partial charge < -0.3 is 45.1 Å². The number of carbonyl (C=O) groups is 2. The van der Waals surface area contributed by atoms with Gasteiger partial charge in [-0.05, 0) is 109 Å². The van der Waals surface area contributed by atoms with Gasteiger partial charge in [0.15, 0.2) is 12.4 Å². The molecule has 0 aromatic carbocycles. The Morgan fingerprint density at radius 1 is 0.453 bits per heavy atom. The molecule has 6 N–H and O–H groups in total. The van der Waals surface area contributed by atoms with Crippen molar-refractivity contribution in [1.29, 1.82) is 0 Å². The average molecular weight is 1210 g/mol. The van der Waals surface area contributed by atoms with Gasteiger partial charge in [0.1, 0.15) is 24.4 Å². The summed E-state index contributed by atoms with van der Waals surface area (Å²) in [5.41, 5.74) is 0. The van der Waals surface area contributed by atoms with Crippen LogP contribution >= 0.6 is 0 Å². The molecule has 0 aliphatic carbocycles. The third kappa shape index (κ3) is 48.5. The molecule has 496 valence electrons. The third-order valence-corrected chi connectivity index (χ3v) is 16.2. The zero-order chi connectivity index (χ0) is 62.4. The Labute approximate surface area is 526 Å². The maximum absolute atomic E-state index is 13.5. The predicted molar refractivity (Wildman–Crippen MR) is 361 cm³/mol. The van der Waals surface area contributed by atoms with E-state index in [-0.39, 0.29) is 19.4 Å². The van der Waals surface area contributed by atoms with Gasteiger partial charge in [-0.1, -0.05) is 285 Å². The number of nitrogens with one attached hydrogen (secondary N) is 1. The molecule has 1 heterocycles. The van der Waals surface area contributed by atoms with Gasteiger partial charge in [-0.15, -0.1) is 0 Å². The normalized spacial score (nSPS) is 18.9. The maximum atomic E-state index is 13.5.